The predicted molar refractivity (Wildman–Crippen MR) is 76.3 cm³/mol. The van der Waals surface area contributed by atoms with Gasteiger partial charge in [-0.05, 0) is 38.0 Å². The Morgan fingerprint density at radius 3 is 2.63 bits per heavy atom. The zero-order valence-electron chi connectivity index (χ0n) is 11.4. The van der Waals surface area contributed by atoms with Crippen LogP contribution in [0.1, 0.15) is 30.1 Å². The van der Waals surface area contributed by atoms with Gasteiger partial charge in [-0.15, -0.1) is 0 Å². The Labute approximate surface area is 113 Å². The van der Waals surface area contributed by atoms with Crippen molar-refractivity contribution >= 4 is 17.3 Å². The average molecular weight is 263 g/mol. The molecule has 1 aromatic rings. The summed E-state index contributed by atoms with van der Waals surface area (Å²) in [6, 6.07) is 5.30. The Bertz CT molecular complexity index is 476. The number of nitrogens with one attached hydrogen (secondary N) is 1. The summed E-state index contributed by atoms with van der Waals surface area (Å²) in [4.78, 5) is 14.0. The summed E-state index contributed by atoms with van der Waals surface area (Å²) in [6.45, 7) is 3.30. The number of amides is 1. The van der Waals surface area contributed by atoms with Gasteiger partial charge >= 0.3 is 0 Å². The van der Waals surface area contributed by atoms with Crippen molar-refractivity contribution in [2.75, 3.05) is 30.8 Å². The van der Waals surface area contributed by atoms with Crippen LogP contribution in [0.2, 0.25) is 0 Å². The number of anilines is 2. The van der Waals surface area contributed by atoms with Crippen LogP contribution < -0.4 is 16.0 Å². The summed E-state index contributed by atoms with van der Waals surface area (Å²) in [6.07, 6.45) is 1.38. The van der Waals surface area contributed by atoms with E-state index in [1.807, 2.05) is 13.0 Å². The molecular formula is C14H21N3O2. The van der Waals surface area contributed by atoms with E-state index in [1.54, 1.807) is 19.2 Å². The molecule has 1 fully saturated rings. The Kier molecular flexibility index (Phi) is 3.66. The molecule has 0 saturated carbocycles. The molecule has 2 rings (SSSR count). The summed E-state index contributed by atoms with van der Waals surface area (Å²) in [5, 5.41) is 12.6. The Morgan fingerprint density at radius 1 is 1.42 bits per heavy atom. The van der Waals surface area contributed by atoms with Crippen LogP contribution in [-0.2, 0) is 0 Å². The van der Waals surface area contributed by atoms with Gasteiger partial charge in [-0.25, -0.2) is 0 Å². The summed E-state index contributed by atoms with van der Waals surface area (Å²) in [5.74, 6) is -0.118. The molecule has 1 aliphatic rings. The van der Waals surface area contributed by atoms with Gasteiger partial charge in [-0.1, -0.05) is 0 Å². The molecule has 0 radical (unpaired) electrons. The minimum absolute atomic E-state index is 0.118. The third-order valence-electron chi connectivity index (χ3n) is 3.67. The minimum Gasteiger partial charge on any atom is -0.399 e. The van der Waals surface area contributed by atoms with E-state index in [9.17, 15) is 9.90 Å². The van der Waals surface area contributed by atoms with Gasteiger partial charge < -0.3 is 21.1 Å². The van der Waals surface area contributed by atoms with Gasteiger partial charge in [0.25, 0.3) is 5.91 Å². The van der Waals surface area contributed by atoms with Crippen molar-refractivity contribution in [3.63, 3.8) is 0 Å². The lowest BCUT2D eigenvalue weighted by Gasteiger charge is -2.37. The number of carbonyl (C=O) groups excluding carboxylic acids is 1. The molecule has 5 heteroatoms. The summed E-state index contributed by atoms with van der Waals surface area (Å²) >= 11 is 0. The van der Waals surface area contributed by atoms with Crippen LogP contribution in [0.4, 0.5) is 11.4 Å². The maximum absolute atomic E-state index is 11.9. The summed E-state index contributed by atoms with van der Waals surface area (Å²) < 4.78 is 0. The van der Waals surface area contributed by atoms with Gasteiger partial charge in [0.1, 0.15) is 0 Å². The average Bonchev–Trinajstić information content (AvgIpc) is 2.38. The van der Waals surface area contributed by atoms with E-state index >= 15 is 0 Å². The number of rotatable bonds is 2. The fraction of sp³-hybridized carbons (Fsp3) is 0.500. The maximum Gasteiger partial charge on any atom is 0.253 e. The van der Waals surface area contributed by atoms with Gasteiger partial charge in [0.2, 0.25) is 0 Å². The first-order valence-corrected chi connectivity index (χ1v) is 6.52. The molecule has 1 amide bonds. The number of aliphatic hydroxyl groups is 1. The van der Waals surface area contributed by atoms with Crippen LogP contribution in [-0.4, -0.2) is 36.8 Å². The van der Waals surface area contributed by atoms with Gasteiger partial charge in [0.05, 0.1) is 16.9 Å². The van der Waals surface area contributed by atoms with Crippen LogP contribution in [0.15, 0.2) is 18.2 Å². The molecule has 1 aromatic carbocycles. The smallest absolute Gasteiger partial charge is 0.253 e. The number of benzene rings is 1. The Hall–Kier alpha value is -1.75. The Balaban J connectivity index is 2.28. The zero-order chi connectivity index (χ0) is 14.0. The van der Waals surface area contributed by atoms with Crippen molar-refractivity contribution in [1.82, 2.24) is 5.32 Å². The number of hydrogen-bond acceptors (Lipinski definition) is 4. The van der Waals surface area contributed by atoms with Crippen LogP contribution in [0.5, 0.6) is 0 Å². The van der Waals surface area contributed by atoms with E-state index in [1.165, 1.54) is 0 Å². The standard InChI is InChI=1S/C14H21N3O2/c1-14(19)5-7-17(8-6-14)12-9-10(15)3-4-11(12)13(18)16-2/h3-4,9,19H,5-8,15H2,1-2H3,(H,16,18). The molecular weight excluding hydrogens is 242 g/mol. The maximum atomic E-state index is 11.9. The first kappa shape index (κ1) is 13.7. The van der Waals surface area contributed by atoms with Crippen LogP contribution in [0.3, 0.4) is 0 Å². The number of piperidine rings is 1. The van der Waals surface area contributed by atoms with E-state index in [2.05, 4.69) is 10.2 Å². The highest BCUT2D eigenvalue weighted by atomic mass is 16.3. The highest BCUT2D eigenvalue weighted by Gasteiger charge is 2.29. The molecule has 19 heavy (non-hydrogen) atoms. The fourth-order valence-electron chi connectivity index (χ4n) is 2.37. The van der Waals surface area contributed by atoms with E-state index in [4.69, 9.17) is 5.73 Å². The highest BCUT2D eigenvalue weighted by molar-refractivity contribution is 6.00. The molecule has 0 bridgehead atoms. The fourth-order valence-corrected chi connectivity index (χ4v) is 2.37. The van der Waals surface area contributed by atoms with Gasteiger partial charge in [-0.2, -0.15) is 0 Å². The highest BCUT2D eigenvalue weighted by Crippen LogP contribution is 2.29. The van der Waals surface area contributed by atoms with E-state index < -0.39 is 5.60 Å². The minimum atomic E-state index is -0.607. The second-order valence-electron chi connectivity index (χ2n) is 5.34. The Morgan fingerprint density at radius 2 is 2.05 bits per heavy atom. The predicted octanol–water partition coefficient (Wildman–Crippen LogP) is 0.980. The van der Waals surface area contributed by atoms with E-state index in [0.29, 0.717) is 24.1 Å². The van der Waals surface area contributed by atoms with Crippen molar-refractivity contribution in [2.45, 2.75) is 25.4 Å². The first-order chi connectivity index (χ1) is 8.93. The molecule has 4 N–H and O–H groups in total. The molecule has 0 aromatic heterocycles. The lowest BCUT2D eigenvalue weighted by Crippen LogP contribution is -2.43. The molecule has 0 aliphatic carbocycles. The monoisotopic (exact) mass is 263 g/mol. The number of nitrogen functional groups attached to an aromatic ring is 1. The van der Waals surface area contributed by atoms with Gasteiger partial charge in [-0.3, -0.25) is 4.79 Å². The number of hydrogen-bond donors (Lipinski definition) is 3. The number of nitrogens with two attached hydrogens (primary N) is 1. The molecule has 5 nitrogen and oxygen atoms in total. The largest absolute Gasteiger partial charge is 0.399 e. The van der Waals surface area contributed by atoms with Crippen molar-refractivity contribution < 1.29 is 9.90 Å². The third-order valence-corrected chi connectivity index (χ3v) is 3.67. The number of carbonyl (C=O) groups is 1. The quantitative estimate of drug-likeness (QED) is 0.695. The van der Waals surface area contributed by atoms with Crippen molar-refractivity contribution in [2.24, 2.45) is 0 Å². The molecule has 1 heterocycles. The summed E-state index contributed by atoms with van der Waals surface area (Å²) in [7, 11) is 1.61. The SMILES string of the molecule is CNC(=O)c1ccc(N)cc1N1CCC(C)(O)CC1. The zero-order valence-corrected chi connectivity index (χ0v) is 11.4. The molecule has 104 valence electrons. The molecule has 0 spiro atoms. The molecule has 0 unspecified atom stereocenters. The van der Waals surface area contributed by atoms with E-state index in [0.717, 1.165) is 18.8 Å². The molecule has 0 atom stereocenters. The van der Waals surface area contributed by atoms with E-state index in [-0.39, 0.29) is 5.91 Å². The second-order valence-corrected chi connectivity index (χ2v) is 5.34. The van der Waals surface area contributed by atoms with Gasteiger partial charge in [0, 0.05) is 25.8 Å². The van der Waals surface area contributed by atoms with Crippen molar-refractivity contribution in [1.29, 1.82) is 0 Å². The number of nitrogens with zero attached hydrogens (tertiary/aromatic N) is 1. The lowest BCUT2D eigenvalue weighted by molar-refractivity contribution is 0.0351. The van der Waals surface area contributed by atoms with Crippen molar-refractivity contribution in [3.05, 3.63) is 23.8 Å². The van der Waals surface area contributed by atoms with Crippen LogP contribution in [0.25, 0.3) is 0 Å². The van der Waals surface area contributed by atoms with Crippen molar-refractivity contribution in [3.8, 4) is 0 Å². The molecule has 1 aliphatic heterocycles. The lowest BCUT2D eigenvalue weighted by atomic mass is 9.93. The topological polar surface area (TPSA) is 78.6 Å². The van der Waals surface area contributed by atoms with Gasteiger partial charge in [0.15, 0.2) is 0 Å². The first-order valence-electron chi connectivity index (χ1n) is 6.52. The van der Waals surface area contributed by atoms with Crippen LogP contribution >= 0.6 is 0 Å². The molecule has 1 saturated heterocycles. The third kappa shape index (κ3) is 2.98. The second kappa shape index (κ2) is 5.09. The summed E-state index contributed by atoms with van der Waals surface area (Å²) in [5.41, 5.74) is 7.32. The normalized spacial score (nSPS) is 18.2. The van der Waals surface area contributed by atoms with Crippen LogP contribution in [0, 0.1) is 0 Å².